The molecular formula is C15H22N4O. The maximum Gasteiger partial charge on any atom is 0.224 e. The van der Waals surface area contributed by atoms with Crippen LogP contribution in [-0.4, -0.2) is 33.4 Å². The topological polar surface area (TPSA) is 61.9 Å². The second kappa shape index (κ2) is 6.08. The Labute approximate surface area is 120 Å². The van der Waals surface area contributed by atoms with Crippen LogP contribution in [0.4, 0.5) is 0 Å². The first kappa shape index (κ1) is 14.6. The maximum absolute atomic E-state index is 12.3. The van der Waals surface area contributed by atoms with Crippen molar-refractivity contribution in [3.63, 3.8) is 0 Å². The van der Waals surface area contributed by atoms with Gasteiger partial charge in [-0.2, -0.15) is 5.26 Å². The minimum absolute atomic E-state index is 0.141. The predicted molar refractivity (Wildman–Crippen MR) is 75.8 cm³/mol. The summed E-state index contributed by atoms with van der Waals surface area (Å²) in [7, 11) is 0. The van der Waals surface area contributed by atoms with Gasteiger partial charge >= 0.3 is 0 Å². The van der Waals surface area contributed by atoms with Gasteiger partial charge in [0.2, 0.25) is 5.91 Å². The van der Waals surface area contributed by atoms with Crippen LogP contribution >= 0.6 is 0 Å². The Hall–Kier alpha value is -1.83. The number of aryl methyl sites for hydroxylation is 2. The molecule has 5 nitrogen and oxygen atoms in total. The molecule has 108 valence electrons. The van der Waals surface area contributed by atoms with Crippen molar-refractivity contribution >= 4 is 5.91 Å². The molecule has 0 bridgehead atoms. The second-order valence-corrected chi connectivity index (χ2v) is 5.73. The fourth-order valence-corrected chi connectivity index (χ4v) is 2.78. The average Bonchev–Trinajstić information content (AvgIpc) is 2.92. The van der Waals surface area contributed by atoms with E-state index < -0.39 is 0 Å². The molecule has 1 aromatic rings. The molecule has 1 aromatic heterocycles. The molecule has 5 heteroatoms. The van der Waals surface area contributed by atoms with E-state index in [2.05, 4.69) is 18.0 Å². The lowest BCUT2D eigenvalue weighted by molar-refractivity contribution is -0.133. The standard InChI is InChI=1S/C15H22N4O/c1-3-13-17-7-10-18(13)9-5-14(20)19-8-4-6-15(2,11-16)12-19/h7,10H,3-6,8-9,12H2,1-2H3. The lowest BCUT2D eigenvalue weighted by Gasteiger charge is -2.36. The number of rotatable bonds is 4. The number of imidazole rings is 1. The fourth-order valence-electron chi connectivity index (χ4n) is 2.78. The van der Waals surface area contributed by atoms with E-state index in [0.29, 0.717) is 19.5 Å². The van der Waals surface area contributed by atoms with Crippen LogP contribution in [0.15, 0.2) is 12.4 Å². The van der Waals surface area contributed by atoms with Crippen molar-refractivity contribution in [2.24, 2.45) is 5.41 Å². The summed E-state index contributed by atoms with van der Waals surface area (Å²) in [5.74, 6) is 1.15. The highest BCUT2D eigenvalue weighted by molar-refractivity contribution is 5.76. The number of carbonyl (C=O) groups is 1. The van der Waals surface area contributed by atoms with Crippen molar-refractivity contribution in [1.29, 1.82) is 5.26 Å². The predicted octanol–water partition coefficient (Wildman–Crippen LogP) is 1.99. The third-order valence-corrected chi connectivity index (χ3v) is 4.00. The van der Waals surface area contributed by atoms with Gasteiger partial charge in [0.1, 0.15) is 5.82 Å². The third kappa shape index (κ3) is 3.19. The SMILES string of the molecule is CCc1nccn1CCC(=O)N1CCCC(C)(C#N)C1. The zero-order chi connectivity index (χ0) is 14.6. The number of nitriles is 1. The Balaban J connectivity index is 1.91. The summed E-state index contributed by atoms with van der Waals surface area (Å²) in [4.78, 5) is 18.4. The van der Waals surface area contributed by atoms with Gasteiger partial charge in [-0.25, -0.2) is 4.98 Å². The molecule has 1 unspecified atom stereocenters. The first-order valence-corrected chi connectivity index (χ1v) is 7.27. The van der Waals surface area contributed by atoms with Gasteiger partial charge in [-0.1, -0.05) is 6.92 Å². The first-order valence-electron chi connectivity index (χ1n) is 7.27. The number of carbonyl (C=O) groups excluding carboxylic acids is 1. The Bertz CT molecular complexity index is 516. The summed E-state index contributed by atoms with van der Waals surface area (Å²) in [5, 5.41) is 9.20. The monoisotopic (exact) mass is 274 g/mol. The van der Waals surface area contributed by atoms with E-state index in [-0.39, 0.29) is 11.3 Å². The Kier molecular flexibility index (Phi) is 4.43. The molecule has 2 heterocycles. The van der Waals surface area contributed by atoms with Gasteiger partial charge in [0, 0.05) is 44.9 Å². The van der Waals surface area contributed by atoms with Crippen LogP contribution in [0.5, 0.6) is 0 Å². The van der Waals surface area contributed by atoms with E-state index in [0.717, 1.165) is 31.6 Å². The summed E-state index contributed by atoms with van der Waals surface area (Å²) in [5.41, 5.74) is -0.377. The molecule has 1 fully saturated rings. The molecule has 1 aliphatic heterocycles. The summed E-state index contributed by atoms with van der Waals surface area (Å²) < 4.78 is 2.03. The van der Waals surface area contributed by atoms with Gasteiger partial charge in [0.25, 0.3) is 0 Å². The molecule has 1 aliphatic rings. The lowest BCUT2D eigenvalue weighted by Crippen LogP contribution is -2.44. The van der Waals surface area contributed by atoms with Crippen LogP contribution in [0.25, 0.3) is 0 Å². The smallest absolute Gasteiger partial charge is 0.224 e. The highest BCUT2D eigenvalue weighted by atomic mass is 16.2. The Morgan fingerprint density at radius 1 is 1.60 bits per heavy atom. The van der Waals surface area contributed by atoms with Crippen molar-refractivity contribution in [3.8, 4) is 6.07 Å². The van der Waals surface area contributed by atoms with Gasteiger partial charge in [-0.15, -0.1) is 0 Å². The number of amides is 1. The summed E-state index contributed by atoms with van der Waals surface area (Å²) >= 11 is 0. The Morgan fingerprint density at radius 2 is 2.40 bits per heavy atom. The molecule has 1 atom stereocenters. The van der Waals surface area contributed by atoms with Gasteiger partial charge in [0.05, 0.1) is 11.5 Å². The van der Waals surface area contributed by atoms with Crippen molar-refractivity contribution < 1.29 is 4.79 Å². The minimum Gasteiger partial charge on any atom is -0.341 e. The van der Waals surface area contributed by atoms with Crippen molar-refractivity contribution in [1.82, 2.24) is 14.5 Å². The van der Waals surface area contributed by atoms with Crippen LogP contribution in [0, 0.1) is 16.7 Å². The molecule has 0 N–H and O–H groups in total. The number of nitrogens with zero attached hydrogens (tertiary/aromatic N) is 4. The largest absolute Gasteiger partial charge is 0.341 e. The van der Waals surface area contributed by atoms with Crippen LogP contribution in [0.2, 0.25) is 0 Å². The molecular weight excluding hydrogens is 252 g/mol. The first-order chi connectivity index (χ1) is 9.58. The van der Waals surface area contributed by atoms with Gasteiger partial charge in [-0.3, -0.25) is 4.79 Å². The van der Waals surface area contributed by atoms with E-state index in [1.807, 2.05) is 22.6 Å². The van der Waals surface area contributed by atoms with Crippen LogP contribution in [-0.2, 0) is 17.8 Å². The van der Waals surface area contributed by atoms with Gasteiger partial charge < -0.3 is 9.47 Å². The number of aromatic nitrogens is 2. The fraction of sp³-hybridized carbons (Fsp3) is 0.667. The van der Waals surface area contributed by atoms with Crippen molar-refractivity contribution in [2.45, 2.75) is 46.1 Å². The third-order valence-electron chi connectivity index (χ3n) is 4.00. The normalized spacial score (nSPS) is 22.6. The molecule has 1 saturated heterocycles. The van der Waals surface area contributed by atoms with Crippen molar-refractivity contribution in [2.75, 3.05) is 13.1 Å². The number of likely N-dealkylation sites (tertiary alicyclic amines) is 1. The highest BCUT2D eigenvalue weighted by Gasteiger charge is 2.32. The van der Waals surface area contributed by atoms with Crippen LogP contribution in [0.3, 0.4) is 0 Å². The molecule has 20 heavy (non-hydrogen) atoms. The van der Waals surface area contributed by atoms with Gasteiger partial charge in [0.15, 0.2) is 0 Å². The molecule has 0 radical (unpaired) electrons. The minimum atomic E-state index is -0.377. The maximum atomic E-state index is 12.3. The average molecular weight is 274 g/mol. The summed E-state index contributed by atoms with van der Waals surface area (Å²) in [6, 6.07) is 2.34. The summed E-state index contributed by atoms with van der Waals surface area (Å²) in [6.45, 7) is 6.01. The van der Waals surface area contributed by atoms with Crippen LogP contribution in [0.1, 0.15) is 38.9 Å². The number of piperidine rings is 1. The van der Waals surface area contributed by atoms with E-state index in [1.165, 1.54) is 0 Å². The zero-order valence-corrected chi connectivity index (χ0v) is 12.3. The molecule has 0 saturated carbocycles. The lowest BCUT2D eigenvalue weighted by atomic mass is 9.83. The molecule has 0 spiro atoms. The summed E-state index contributed by atoms with van der Waals surface area (Å²) in [6.07, 6.45) is 6.84. The molecule has 2 rings (SSSR count). The number of hydrogen-bond donors (Lipinski definition) is 0. The van der Waals surface area contributed by atoms with E-state index in [9.17, 15) is 10.1 Å². The van der Waals surface area contributed by atoms with Crippen molar-refractivity contribution in [3.05, 3.63) is 18.2 Å². The van der Waals surface area contributed by atoms with Crippen LogP contribution < -0.4 is 0 Å². The second-order valence-electron chi connectivity index (χ2n) is 5.73. The highest BCUT2D eigenvalue weighted by Crippen LogP contribution is 2.28. The Morgan fingerprint density at radius 3 is 3.10 bits per heavy atom. The number of hydrogen-bond acceptors (Lipinski definition) is 3. The van der Waals surface area contributed by atoms with Gasteiger partial charge in [-0.05, 0) is 19.8 Å². The molecule has 1 amide bonds. The zero-order valence-electron chi connectivity index (χ0n) is 12.3. The van der Waals surface area contributed by atoms with E-state index in [4.69, 9.17) is 0 Å². The van der Waals surface area contributed by atoms with E-state index in [1.54, 1.807) is 6.20 Å². The quantitative estimate of drug-likeness (QED) is 0.843. The van der Waals surface area contributed by atoms with E-state index >= 15 is 0 Å². The molecule has 0 aliphatic carbocycles. The molecule has 0 aromatic carbocycles.